The number of aliphatic carboxylic acids is 1. The van der Waals surface area contributed by atoms with E-state index in [1.54, 1.807) is 6.92 Å². The predicted molar refractivity (Wildman–Crippen MR) is 38.8 cm³/mol. The Labute approximate surface area is 64.5 Å². The second-order valence-corrected chi connectivity index (χ2v) is 3.04. The molecule has 1 saturated carbocycles. The van der Waals surface area contributed by atoms with Gasteiger partial charge < -0.3 is 10.3 Å². The third kappa shape index (κ3) is 1.08. The topological polar surface area (TPSA) is 69.9 Å². The van der Waals surface area contributed by atoms with Crippen molar-refractivity contribution in [2.45, 2.75) is 26.2 Å². The van der Waals surface area contributed by atoms with E-state index in [0.717, 1.165) is 6.42 Å². The molecule has 62 valence electrons. The first-order chi connectivity index (χ1) is 5.11. The SMILES string of the molecule is CC1(C(=O)O)CCC/C1=N\O. The van der Waals surface area contributed by atoms with Crippen LogP contribution in [0.3, 0.4) is 0 Å². The summed E-state index contributed by atoms with van der Waals surface area (Å²) in [4.78, 5) is 10.7. The highest BCUT2D eigenvalue weighted by molar-refractivity contribution is 6.06. The molecule has 0 aliphatic heterocycles. The summed E-state index contributed by atoms with van der Waals surface area (Å²) in [5.74, 6) is -0.900. The molecule has 1 rings (SSSR count). The molecule has 1 unspecified atom stereocenters. The number of nitrogens with zero attached hydrogens (tertiary/aromatic N) is 1. The van der Waals surface area contributed by atoms with Crippen LogP contribution in [0.4, 0.5) is 0 Å². The normalized spacial score (nSPS) is 34.5. The second-order valence-electron chi connectivity index (χ2n) is 3.04. The van der Waals surface area contributed by atoms with Crippen LogP contribution in [0.15, 0.2) is 5.16 Å². The zero-order valence-electron chi connectivity index (χ0n) is 6.37. The third-order valence-electron chi connectivity index (χ3n) is 2.32. The summed E-state index contributed by atoms with van der Waals surface area (Å²) in [5, 5.41) is 20.3. The van der Waals surface area contributed by atoms with Crippen LogP contribution >= 0.6 is 0 Å². The predicted octanol–water partition coefficient (Wildman–Crippen LogP) is 1.09. The molecule has 2 N–H and O–H groups in total. The van der Waals surface area contributed by atoms with E-state index in [1.807, 2.05) is 0 Å². The minimum absolute atomic E-state index is 0.394. The first-order valence-corrected chi connectivity index (χ1v) is 3.56. The van der Waals surface area contributed by atoms with Crippen molar-refractivity contribution in [3.63, 3.8) is 0 Å². The summed E-state index contributed by atoms with van der Waals surface area (Å²) in [6, 6.07) is 0. The Balaban J connectivity index is 2.93. The van der Waals surface area contributed by atoms with Gasteiger partial charge in [-0.05, 0) is 26.2 Å². The third-order valence-corrected chi connectivity index (χ3v) is 2.32. The molecular weight excluding hydrogens is 146 g/mol. The van der Waals surface area contributed by atoms with Crippen molar-refractivity contribution in [3.8, 4) is 0 Å². The lowest BCUT2D eigenvalue weighted by molar-refractivity contribution is -0.144. The lowest BCUT2D eigenvalue weighted by Gasteiger charge is -2.16. The van der Waals surface area contributed by atoms with E-state index < -0.39 is 11.4 Å². The molecule has 0 heterocycles. The van der Waals surface area contributed by atoms with Crippen LogP contribution in [0.25, 0.3) is 0 Å². The highest BCUT2D eigenvalue weighted by atomic mass is 16.4. The van der Waals surface area contributed by atoms with Crippen molar-refractivity contribution in [1.29, 1.82) is 0 Å². The van der Waals surface area contributed by atoms with E-state index in [2.05, 4.69) is 5.16 Å². The molecule has 0 amide bonds. The van der Waals surface area contributed by atoms with Crippen LogP contribution in [0.5, 0.6) is 0 Å². The Morgan fingerprint density at radius 2 is 2.36 bits per heavy atom. The zero-order valence-corrected chi connectivity index (χ0v) is 6.37. The van der Waals surface area contributed by atoms with Crippen LogP contribution < -0.4 is 0 Å². The van der Waals surface area contributed by atoms with Crippen LogP contribution in [-0.2, 0) is 4.79 Å². The van der Waals surface area contributed by atoms with E-state index in [1.165, 1.54) is 0 Å². The van der Waals surface area contributed by atoms with Crippen molar-refractivity contribution in [2.24, 2.45) is 10.6 Å². The van der Waals surface area contributed by atoms with Gasteiger partial charge in [0.1, 0.15) is 5.41 Å². The molecule has 0 spiro atoms. The molecule has 0 bridgehead atoms. The Bertz CT molecular complexity index is 212. The number of rotatable bonds is 1. The van der Waals surface area contributed by atoms with E-state index in [-0.39, 0.29) is 0 Å². The van der Waals surface area contributed by atoms with E-state index in [4.69, 9.17) is 10.3 Å². The summed E-state index contributed by atoms with van der Waals surface area (Å²) in [7, 11) is 0. The summed E-state index contributed by atoms with van der Waals surface area (Å²) in [6.45, 7) is 1.59. The van der Waals surface area contributed by atoms with E-state index in [0.29, 0.717) is 18.6 Å². The van der Waals surface area contributed by atoms with Gasteiger partial charge >= 0.3 is 5.97 Å². The molecule has 4 nitrogen and oxygen atoms in total. The van der Waals surface area contributed by atoms with Gasteiger partial charge in [-0.15, -0.1) is 0 Å². The van der Waals surface area contributed by atoms with Gasteiger partial charge in [0.15, 0.2) is 0 Å². The maximum absolute atomic E-state index is 10.7. The van der Waals surface area contributed by atoms with Gasteiger partial charge in [-0.3, -0.25) is 4.79 Å². The standard InChI is InChI=1S/C7H11NO3/c1-7(6(9)10)4-2-3-5(7)8-11/h11H,2-4H2,1H3,(H,9,10)/b8-5+. The van der Waals surface area contributed by atoms with E-state index in [9.17, 15) is 4.79 Å². The van der Waals surface area contributed by atoms with Crippen LogP contribution in [-0.4, -0.2) is 22.0 Å². The van der Waals surface area contributed by atoms with Gasteiger partial charge in [0.2, 0.25) is 0 Å². The Morgan fingerprint density at radius 3 is 2.73 bits per heavy atom. The monoisotopic (exact) mass is 157 g/mol. The van der Waals surface area contributed by atoms with E-state index >= 15 is 0 Å². The van der Waals surface area contributed by atoms with Crippen molar-refractivity contribution >= 4 is 11.7 Å². The van der Waals surface area contributed by atoms with Crippen molar-refractivity contribution in [2.75, 3.05) is 0 Å². The summed E-state index contributed by atoms with van der Waals surface area (Å²) >= 11 is 0. The maximum atomic E-state index is 10.7. The lowest BCUT2D eigenvalue weighted by Crippen LogP contribution is -2.31. The quantitative estimate of drug-likeness (QED) is 0.442. The molecule has 0 aromatic carbocycles. The summed E-state index contributed by atoms with van der Waals surface area (Å²) in [5.41, 5.74) is -0.528. The average molecular weight is 157 g/mol. The minimum Gasteiger partial charge on any atom is -0.481 e. The molecule has 0 aromatic heterocycles. The largest absolute Gasteiger partial charge is 0.481 e. The lowest BCUT2D eigenvalue weighted by atomic mass is 9.87. The number of carboxylic acid groups (broad SMARTS) is 1. The highest BCUT2D eigenvalue weighted by Gasteiger charge is 2.42. The van der Waals surface area contributed by atoms with Gasteiger partial charge in [-0.25, -0.2) is 0 Å². The fourth-order valence-electron chi connectivity index (χ4n) is 1.42. The molecular formula is C7H11NO3. The molecule has 4 heteroatoms. The molecule has 0 aromatic rings. The summed E-state index contributed by atoms with van der Waals surface area (Å²) < 4.78 is 0. The number of oxime groups is 1. The average Bonchev–Trinajstić information content (AvgIpc) is 2.32. The first-order valence-electron chi connectivity index (χ1n) is 3.56. The molecule has 1 atom stereocenters. The summed E-state index contributed by atoms with van der Waals surface area (Å²) in [6.07, 6.45) is 1.96. The molecule has 11 heavy (non-hydrogen) atoms. The smallest absolute Gasteiger partial charge is 0.315 e. The Kier molecular flexibility index (Phi) is 1.85. The van der Waals surface area contributed by atoms with Crippen LogP contribution in [0, 0.1) is 5.41 Å². The first kappa shape index (κ1) is 8.04. The number of carboxylic acids is 1. The number of hydrogen-bond acceptors (Lipinski definition) is 3. The Hall–Kier alpha value is -1.06. The number of hydrogen-bond donors (Lipinski definition) is 2. The van der Waals surface area contributed by atoms with Gasteiger partial charge in [0.05, 0.1) is 5.71 Å². The van der Waals surface area contributed by atoms with Gasteiger partial charge in [-0.2, -0.15) is 0 Å². The molecule has 1 fully saturated rings. The Morgan fingerprint density at radius 1 is 1.73 bits per heavy atom. The molecule has 1 aliphatic rings. The minimum atomic E-state index is -0.922. The van der Waals surface area contributed by atoms with Crippen molar-refractivity contribution in [1.82, 2.24) is 0 Å². The molecule has 0 radical (unpaired) electrons. The van der Waals surface area contributed by atoms with Gasteiger partial charge in [0.25, 0.3) is 0 Å². The molecule has 0 saturated heterocycles. The maximum Gasteiger partial charge on any atom is 0.315 e. The van der Waals surface area contributed by atoms with Gasteiger partial charge in [-0.1, -0.05) is 5.16 Å². The van der Waals surface area contributed by atoms with Crippen molar-refractivity contribution < 1.29 is 15.1 Å². The van der Waals surface area contributed by atoms with Gasteiger partial charge in [0, 0.05) is 0 Å². The second kappa shape index (κ2) is 2.53. The fourth-order valence-corrected chi connectivity index (χ4v) is 1.42. The van der Waals surface area contributed by atoms with Crippen LogP contribution in [0.2, 0.25) is 0 Å². The molecule has 1 aliphatic carbocycles. The van der Waals surface area contributed by atoms with Crippen molar-refractivity contribution in [3.05, 3.63) is 0 Å². The highest BCUT2D eigenvalue weighted by Crippen LogP contribution is 2.35. The number of carbonyl (C=O) groups is 1. The zero-order chi connectivity index (χ0) is 8.48. The van der Waals surface area contributed by atoms with Crippen LogP contribution in [0.1, 0.15) is 26.2 Å². The fraction of sp³-hybridized carbons (Fsp3) is 0.714.